The molecule has 0 heterocycles. The van der Waals surface area contributed by atoms with Gasteiger partial charge in [-0.05, 0) is 62.2 Å². The summed E-state index contributed by atoms with van der Waals surface area (Å²) in [5.74, 6) is -3.09. The third-order valence-corrected chi connectivity index (χ3v) is 7.81. The molecule has 2 aliphatic rings. The van der Waals surface area contributed by atoms with Gasteiger partial charge in [0.15, 0.2) is 9.84 Å². The predicted molar refractivity (Wildman–Crippen MR) is 106 cm³/mol. The Morgan fingerprint density at radius 1 is 1.10 bits per heavy atom. The first-order chi connectivity index (χ1) is 14.0. The molecule has 0 aliphatic heterocycles. The fourth-order valence-electron chi connectivity index (χ4n) is 4.87. The summed E-state index contributed by atoms with van der Waals surface area (Å²) in [6, 6.07) is 1.80. The highest BCUT2D eigenvalue weighted by molar-refractivity contribution is 7.90. The molecule has 2 atom stereocenters. The molecule has 1 aromatic carbocycles. The van der Waals surface area contributed by atoms with E-state index >= 15 is 0 Å². The van der Waals surface area contributed by atoms with Crippen molar-refractivity contribution >= 4 is 9.84 Å². The Morgan fingerprint density at radius 3 is 2.23 bits per heavy atom. The van der Waals surface area contributed by atoms with Gasteiger partial charge in [0.25, 0.3) is 0 Å². The summed E-state index contributed by atoms with van der Waals surface area (Å²) in [4.78, 5) is -0.940. The second-order valence-corrected chi connectivity index (χ2v) is 10.9. The Labute approximate surface area is 176 Å². The summed E-state index contributed by atoms with van der Waals surface area (Å²) < 4.78 is 83.3. The van der Waals surface area contributed by atoms with Crippen LogP contribution in [0.5, 0.6) is 5.75 Å². The number of rotatable bonds is 9. The lowest BCUT2D eigenvalue weighted by Gasteiger charge is -2.31. The maximum atomic E-state index is 13.9. The topological polar surface area (TPSA) is 43.4 Å². The van der Waals surface area contributed by atoms with Crippen molar-refractivity contribution in [3.05, 3.63) is 23.8 Å². The minimum Gasteiger partial charge on any atom is -0.493 e. The molecule has 0 unspecified atom stereocenters. The summed E-state index contributed by atoms with van der Waals surface area (Å²) >= 11 is 0. The molecule has 170 valence electrons. The minimum absolute atomic E-state index is 0.00337. The Morgan fingerprint density at radius 2 is 1.70 bits per heavy atom. The minimum atomic E-state index is -3.99. The monoisotopic (exact) mass is 450 g/mol. The SMILES string of the molecule is CCC(F)(F)CC1CCC([C@H]2C[C@H]2CCOc2cc(F)c(S(C)(=O)=O)c(F)c2)CC1. The van der Waals surface area contributed by atoms with Gasteiger partial charge in [-0.25, -0.2) is 26.0 Å². The van der Waals surface area contributed by atoms with Crippen LogP contribution in [0.4, 0.5) is 17.6 Å². The Hall–Kier alpha value is -1.31. The standard InChI is InChI=1S/C22H30F4O3S/c1-3-22(25,26)13-14-4-6-15(7-5-14)18-10-16(18)8-9-29-17-11-19(23)21(20(24)12-17)30(2,27)28/h11-12,14-16,18H,3-10,13H2,1-2H3/t14?,15?,16-,18-/m1/s1. The van der Waals surface area contributed by atoms with Gasteiger partial charge in [0.2, 0.25) is 5.92 Å². The highest BCUT2D eigenvalue weighted by Crippen LogP contribution is 2.52. The van der Waals surface area contributed by atoms with E-state index in [4.69, 9.17) is 4.74 Å². The lowest BCUT2D eigenvalue weighted by Crippen LogP contribution is -2.24. The van der Waals surface area contributed by atoms with Crippen molar-refractivity contribution in [1.29, 1.82) is 0 Å². The molecule has 2 saturated carbocycles. The normalized spacial score (nSPS) is 27.1. The lowest BCUT2D eigenvalue weighted by atomic mass is 9.77. The van der Waals surface area contributed by atoms with Crippen molar-refractivity contribution in [1.82, 2.24) is 0 Å². The molecule has 0 spiro atoms. The second kappa shape index (κ2) is 9.05. The van der Waals surface area contributed by atoms with E-state index in [2.05, 4.69) is 0 Å². The van der Waals surface area contributed by atoms with E-state index in [1.807, 2.05) is 0 Å². The molecule has 3 nitrogen and oxygen atoms in total. The first-order valence-electron chi connectivity index (χ1n) is 10.7. The average molecular weight is 451 g/mol. The number of benzene rings is 1. The van der Waals surface area contributed by atoms with E-state index in [9.17, 15) is 26.0 Å². The van der Waals surface area contributed by atoms with Crippen LogP contribution in [0.15, 0.2) is 17.0 Å². The maximum absolute atomic E-state index is 13.9. The Balaban J connectivity index is 1.41. The predicted octanol–water partition coefficient (Wildman–Crippen LogP) is 6.02. The van der Waals surface area contributed by atoms with Crippen LogP contribution >= 0.6 is 0 Å². The molecular formula is C22H30F4O3S. The van der Waals surface area contributed by atoms with E-state index in [0.29, 0.717) is 24.4 Å². The van der Waals surface area contributed by atoms with Crippen LogP contribution in [0.2, 0.25) is 0 Å². The molecule has 8 heteroatoms. The highest BCUT2D eigenvalue weighted by Gasteiger charge is 2.44. The largest absolute Gasteiger partial charge is 0.493 e. The van der Waals surface area contributed by atoms with Gasteiger partial charge < -0.3 is 4.74 Å². The fraction of sp³-hybridized carbons (Fsp3) is 0.727. The highest BCUT2D eigenvalue weighted by atomic mass is 32.2. The molecular weight excluding hydrogens is 420 g/mol. The molecule has 30 heavy (non-hydrogen) atoms. The van der Waals surface area contributed by atoms with Gasteiger partial charge in [-0.3, -0.25) is 0 Å². The molecule has 0 aromatic heterocycles. The summed E-state index contributed by atoms with van der Waals surface area (Å²) in [5.41, 5.74) is 0. The second-order valence-electron chi connectivity index (χ2n) is 8.98. The molecule has 2 fully saturated rings. The maximum Gasteiger partial charge on any atom is 0.248 e. The number of halogens is 4. The van der Waals surface area contributed by atoms with E-state index in [1.165, 1.54) is 6.92 Å². The molecule has 0 saturated heterocycles. The molecule has 3 rings (SSSR count). The summed E-state index contributed by atoms with van der Waals surface area (Å²) in [6.45, 7) is 1.83. The van der Waals surface area contributed by atoms with Crippen LogP contribution in [0.3, 0.4) is 0 Å². The van der Waals surface area contributed by atoms with Gasteiger partial charge in [0.05, 0.1) is 6.61 Å². The van der Waals surface area contributed by atoms with Gasteiger partial charge in [0, 0.05) is 31.2 Å². The van der Waals surface area contributed by atoms with Crippen molar-refractivity contribution < 1.29 is 30.7 Å². The number of alkyl halides is 2. The van der Waals surface area contributed by atoms with Crippen molar-refractivity contribution in [2.75, 3.05) is 12.9 Å². The van der Waals surface area contributed by atoms with Crippen LogP contribution in [-0.2, 0) is 9.84 Å². The van der Waals surface area contributed by atoms with Gasteiger partial charge in [-0.15, -0.1) is 0 Å². The first-order valence-corrected chi connectivity index (χ1v) is 12.6. The molecule has 0 N–H and O–H groups in total. The third kappa shape index (κ3) is 5.89. The van der Waals surface area contributed by atoms with Crippen LogP contribution in [-0.4, -0.2) is 27.2 Å². The zero-order chi connectivity index (χ0) is 22.1. The smallest absolute Gasteiger partial charge is 0.248 e. The number of ether oxygens (including phenoxy) is 1. The first kappa shape index (κ1) is 23.4. The van der Waals surface area contributed by atoms with Crippen LogP contribution < -0.4 is 4.74 Å². The summed E-state index contributed by atoms with van der Waals surface area (Å²) in [5, 5.41) is 0. The van der Waals surface area contributed by atoms with Crippen molar-refractivity contribution in [2.24, 2.45) is 23.7 Å². The van der Waals surface area contributed by atoms with Gasteiger partial charge >= 0.3 is 0 Å². The van der Waals surface area contributed by atoms with Crippen LogP contribution in [0.1, 0.15) is 58.3 Å². The summed E-state index contributed by atoms with van der Waals surface area (Å²) in [6.07, 6.45) is 6.23. The van der Waals surface area contributed by atoms with E-state index in [-0.39, 0.29) is 24.5 Å². The zero-order valence-electron chi connectivity index (χ0n) is 17.5. The number of hydrogen-bond acceptors (Lipinski definition) is 3. The van der Waals surface area contributed by atoms with Gasteiger partial charge in [-0.2, -0.15) is 0 Å². The Bertz CT molecular complexity index is 825. The lowest BCUT2D eigenvalue weighted by molar-refractivity contribution is -0.0331. The van der Waals surface area contributed by atoms with Gasteiger partial charge in [-0.1, -0.05) is 6.92 Å². The van der Waals surface area contributed by atoms with E-state index in [0.717, 1.165) is 56.9 Å². The molecule has 0 amide bonds. The molecule has 0 bridgehead atoms. The third-order valence-electron chi connectivity index (χ3n) is 6.68. The fourth-order valence-corrected chi connectivity index (χ4v) is 5.70. The van der Waals surface area contributed by atoms with Crippen LogP contribution in [0, 0.1) is 35.3 Å². The molecule has 0 radical (unpaired) electrons. The number of hydrogen-bond donors (Lipinski definition) is 0. The zero-order valence-corrected chi connectivity index (χ0v) is 18.3. The Kier molecular flexibility index (Phi) is 7.04. The molecule has 1 aromatic rings. The summed E-state index contributed by atoms with van der Waals surface area (Å²) in [7, 11) is -3.99. The van der Waals surface area contributed by atoms with E-state index < -0.39 is 32.3 Å². The molecule has 2 aliphatic carbocycles. The van der Waals surface area contributed by atoms with Gasteiger partial charge in [0.1, 0.15) is 22.3 Å². The average Bonchev–Trinajstić information content (AvgIpc) is 3.40. The van der Waals surface area contributed by atoms with E-state index in [1.54, 1.807) is 0 Å². The quantitative estimate of drug-likeness (QED) is 0.433. The van der Waals surface area contributed by atoms with Crippen molar-refractivity contribution in [3.63, 3.8) is 0 Å². The van der Waals surface area contributed by atoms with Crippen molar-refractivity contribution in [2.45, 2.75) is 69.1 Å². The van der Waals surface area contributed by atoms with Crippen molar-refractivity contribution in [3.8, 4) is 5.75 Å². The number of sulfone groups is 1. The van der Waals surface area contributed by atoms with Crippen LogP contribution in [0.25, 0.3) is 0 Å².